The van der Waals surface area contributed by atoms with Crippen molar-refractivity contribution in [2.24, 2.45) is 0 Å². The Morgan fingerprint density at radius 2 is 1.63 bits per heavy atom. The molecule has 1 aliphatic rings. The minimum absolute atomic E-state index is 0.0830. The van der Waals surface area contributed by atoms with E-state index in [9.17, 15) is 4.79 Å². The van der Waals surface area contributed by atoms with Gasteiger partial charge < -0.3 is 0 Å². The second kappa shape index (κ2) is 8.84. The van der Waals surface area contributed by atoms with Gasteiger partial charge >= 0.3 is 0 Å². The zero-order valence-electron chi connectivity index (χ0n) is 18.1. The van der Waals surface area contributed by atoms with E-state index in [0.29, 0.717) is 13.1 Å². The van der Waals surface area contributed by atoms with Crippen LogP contribution >= 0.6 is 0 Å². The minimum atomic E-state index is 0.0830. The summed E-state index contributed by atoms with van der Waals surface area (Å²) < 4.78 is 1.84. The normalized spacial score (nSPS) is 14.0. The molecule has 0 atom stereocenters. The molecule has 0 unspecified atom stereocenters. The van der Waals surface area contributed by atoms with E-state index >= 15 is 0 Å². The zero-order valence-corrected chi connectivity index (χ0v) is 18.1. The Kier molecular flexibility index (Phi) is 6.00. The van der Waals surface area contributed by atoms with Crippen LogP contribution in [0.2, 0.25) is 0 Å². The van der Waals surface area contributed by atoms with Crippen molar-refractivity contribution in [3.63, 3.8) is 0 Å². The summed E-state index contributed by atoms with van der Waals surface area (Å²) in [6, 6.07) is 19.1. The van der Waals surface area contributed by atoms with Gasteiger partial charge in [0.2, 0.25) is 5.95 Å². The molecular weight excluding hydrogens is 372 g/mol. The van der Waals surface area contributed by atoms with Crippen molar-refractivity contribution in [1.29, 1.82) is 0 Å². The Morgan fingerprint density at radius 1 is 0.900 bits per heavy atom. The van der Waals surface area contributed by atoms with Gasteiger partial charge in [-0.05, 0) is 49.4 Å². The summed E-state index contributed by atoms with van der Waals surface area (Å²) in [4.78, 5) is 22.6. The maximum Gasteiger partial charge on any atom is 0.259 e. The Bertz CT molecular complexity index is 1060. The topological polar surface area (TPSA) is 41.4 Å². The summed E-state index contributed by atoms with van der Waals surface area (Å²) in [6.45, 7) is 8.30. The van der Waals surface area contributed by atoms with Crippen molar-refractivity contribution >= 4 is 11.6 Å². The van der Waals surface area contributed by atoms with Crippen molar-refractivity contribution < 1.29 is 0 Å². The molecule has 3 aromatic rings. The third-order valence-electron chi connectivity index (χ3n) is 5.94. The fourth-order valence-corrected chi connectivity index (χ4v) is 4.12. The average Bonchev–Trinajstić information content (AvgIpc) is 2.78. The standard InChI is InChI=1S/C25H30N4O/c1-4-20-11-13-22(14-12-20)28-17-27(16-15-21-9-7-6-8-10-21)18-29-24(30)23(5-2)19(3)26-25(28)29/h6-14H,4-5,15-18H2,1-3H3. The number of fused-ring (bicyclic) bond motifs is 1. The lowest BCUT2D eigenvalue weighted by Crippen LogP contribution is -2.48. The van der Waals surface area contributed by atoms with E-state index in [2.05, 4.69) is 65.3 Å². The summed E-state index contributed by atoms with van der Waals surface area (Å²) in [6.07, 6.45) is 2.66. The van der Waals surface area contributed by atoms with Crippen LogP contribution < -0.4 is 10.5 Å². The number of benzene rings is 2. The van der Waals surface area contributed by atoms with Gasteiger partial charge in [-0.25, -0.2) is 4.98 Å². The molecule has 0 amide bonds. The van der Waals surface area contributed by atoms with E-state index in [-0.39, 0.29) is 5.56 Å². The van der Waals surface area contributed by atoms with Crippen LogP contribution in [-0.2, 0) is 25.9 Å². The molecule has 0 saturated carbocycles. The quantitative estimate of drug-likeness (QED) is 0.617. The summed E-state index contributed by atoms with van der Waals surface area (Å²) in [5, 5.41) is 0. The smallest absolute Gasteiger partial charge is 0.259 e. The van der Waals surface area contributed by atoms with Gasteiger partial charge in [-0.3, -0.25) is 19.2 Å². The van der Waals surface area contributed by atoms with E-state index < -0.39 is 0 Å². The van der Waals surface area contributed by atoms with Crippen molar-refractivity contribution in [1.82, 2.24) is 14.5 Å². The van der Waals surface area contributed by atoms with Gasteiger partial charge in [-0.2, -0.15) is 0 Å². The molecule has 0 radical (unpaired) electrons. The highest BCUT2D eigenvalue weighted by Gasteiger charge is 2.27. The molecule has 0 aliphatic carbocycles. The SMILES string of the molecule is CCc1ccc(N2CN(CCc3ccccc3)Cn3c2nc(C)c(CC)c3=O)cc1. The maximum absolute atomic E-state index is 13.2. The first-order valence-electron chi connectivity index (χ1n) is 10.8. The molecule has 156 valence electrons. The van der Waals surface area contributed by atoms with Crippen molar-refractivity contribution in [3.05, 3.63) is 87.3 Å². The van der Waals surface area contributed by atoms with Crippen LogP contribution in [0.3, 0.4) is 0 Å². The third kappa shape index (κ3) is 4.03. The number of aryl methyl sites for hydroxylation is 2. The van der Waals surface area contributed by atoms with Crippen LogP contribution in [0.15, 0.2) is 59.4 Å². The molecule has 5 heteroatoms. The molecule has 4 rings (SSSR count). The fraction of sp³-hybridized carbons (Fsp3) is 0.360. The van der Waals surface area contributed by atoms with Crippen LogP contribution in [0.25, 0.3) is 0 Å². The Morgan fingerprint density at radius 3 is 2.30 bits per heavy atom. The molecule has 0 fully saturated rings. The monoisotopic (exact) mass is 402 g/mol. The molecule has 0 saturated heterocycles. The Labute approximate surface area is 178 Å². The summed E-state index contributed by atoms with van der Waals surface area (Å²) in [5.74, 6) is 0.745. The number of hydrogen-bond donors (Lipinski definition) is 0. The van der Waals surface area contributed by atoms with Gasteiger partial charge in [-0.15, -0.1) is 0 Å². The molecule has 0 spiro atoms. The zero-order chi connectivity index (χ0) is 21.1. The number of hydrogen-bond acceptors (Lipinski definition) is 4. The molecular formula is C25H30N4O. The van der Waals surface area contributed by atoms with Crippen LogP contribution in [0.4, 0.5) is 11.6 Å². The van der Waals surface area contributed by atoms with E-state index in [1.54, 1.807) is 0 Å². The van der Waals surface area contributed by atoms with E-state index in [4.69, 9.17) is 4.98 Å². The van der Waals surface area contributed by atoms with Crippen molar-refractivity contribution in [3.8, 4) is 0 Å². The second-order valence-electron chi connectivity index (χ2n) is 7.92. The first kappa shape index (κ1) is 20.4. The molecule has 2 aromatic carbocycles. The molecule has 1 aliphatic heterocycles. The van der Waals surface area contributed by atoms with E-state index in [1.807, 2.05) is 24.5 Å². The molecule has 0 N–H and O–H groups in total. The lowest BCUT2D eigenvalue weighted by Gasteiger charge is -2.38. The number of rotatable bonds is 6. The molecule has 30 heavy (non-hydrogen) atoms. The summed E-state index contributed by atoms with van der Waals surface area (Å²) >= 11 is 0. The van der Waals surface area contributed by atoms with E-state index in [1.165, 1.54) is 11.1 Å². The van der Waals surface area contributed by atoms with Gasteiger partial charge in [0, 0.05) is 23.5 Å². The Balaban J connectivity index is 1.70. The molecule has 0 bridgehead atoms. The molecule has 5 nitrogen and oxygen atoms in total. The number of nitrogens with zero attached hydrogens (tertiary/aromatic N) is 4. The van der Waals surface area contributed by atoms with Gasteiger partial charge in [0.1, 0.15) is 0 Å². The van der Waals surface area contributed by atoms with Gasteiger partial charge in [0.15, 0.2) is 0 Å². The van der Waals surface area contributed by atoms with Crippen LogP contribution in [0.1, 0.15) is 36.2 Å². The number of anilines is 2. The average molecular weight is 403 g/mol. The van der Waals surface area contributed by atoms with Crippen LogP contribution in [0.5, 0.6) is 0 Å². The van der Waals surface area contributed by atoms with E-state index in [0.717, 1.165) is 48.9 Å². The minimum Gasteiger partial charge on any atom is -0.298 e. The molecule has 2 heterocycles. The van der Waals surface area contributed by atoms with Crippen molar-refractivity contribution in [2.75, 3.05) is 18.1 Å². The third-order valence-corrected chi connectivity index (χ3v) is 5.94. The van der Waals surface area contributed by atoms with Crippen LogP contribution in [-0.4, -0.2) is 27.7 Å². The fourth-order valence-electron chi connectivity index (χ4n) is 4.12. The largest absolute Gasteiger partial charge is 0.298 e. The predicted molar refractivity (Wildman–Crippen MR) is 122 cm³/mol. The summed E-state index contributed by atoms with van der Waals surface area (Å²) in [5.41, 5.74) is 5.41. The number of aromatic nitrogens is 2. The Hall–Kier alpha value is -2.92. The summed E-state index contributed by atoms with van der Waals surface area (Å²) in [7, 11) is 0. The van der Waals surface area contributed by atoms with Gasteiger partial charge in [0.25, 0.3) is 5.56 Å². The highest BCUT2D eigenvalue weighted by molar-refractivity contribution is 5.59. The van der Waals surface area contributed by atoms with Gasteiger partial charge in [-0.1, -0.05) is 56.3 Å². The second-order valence-corrected chi connectivity index (χ2v) is 7.92. The highest BCUT2D eigenvalue weighted by atomic mass is 16.1. The molecule has 1 aromatic heterocycles. The van der Waals surface area contributed by atoms with Crippen molar-refractivity contribution in [2.45, 2.75) is 46.7 Å². The maximum atomic E-state index is 13.2. The van der Waals surface area contributed by atoms with Crippen LogP contribution in [0, 0.1) is 6.92 Å². The predicted octanol–water partition coefficient (Wildman–Crippen LogP) is 4.29. The van der Waals surface area contributed by atoms with Gasteiger partial charge in [0.05, 0.1) is 13.3 Å². The highest BCUT2D eigenvalue weighted by Crippen LogP contribution is 2.28. The lowest BCUT2D eigenvalue weighted by molar-refractivity contribution is 0.200. The lowest BCUT2D eigenvalue weighted by atomic mass is 10.1. The first-order chi connectivity index (χ1) is 14.6. The first-order valence-corrected chi connectivity index (χ1v) is 10.8.